The van der Waals surface area contributed by atoms with Crippen molar-refractivity contribution < 1.29 is 22.7 Å². The van der Waals surface area contributed by atoms with Crippen LogP contribution in [0.5, 0.6) is 5.75 Å². The van der Waals surface area contributed by atoms with Gasteiger partial charge in [-0.2, -0.15) is 0 Å². The third-order valence-corrected chi connectivity index (χ3v) is 6.24. The van der Waals surface area contributed by atoms with Gasteiger partial charge in [0, 0.05) is 25.7 Å². The number of rotatable bonds is 5. The highest BCUT2D eigenvalue weighted by Crippen LogP contribution is 2.20. The molecule has 2 aliphatic rings. The van der Waals surface area contributed by atoms with Crippen LogP contribution in [0.2, 0.25) is 0 Å². The number of benzene rings is 1. The van der Waals surface area contributed by atoms with E-state index in [4.69, 9.17) is 9.47 Å². The maximum Gasteiger partial charge on any atom is 0.251 e. The van der Waals surface area contributed by atoms with Gasteiger partial charge >= 0.3 is 0 Å². The van der Waals surface area contributed by atoms with E-state index >= 15 is 0 Å². The lowest BCUT2D eigenvalue weighted by atomic mass is 10.1. The van der Waals surface area contributed by atoms with Gasteiger partial charge in [-0.05, 0) is 49.9 Å². The van der Waals surface area contributed by atoms with E-state index < -0.39 is 10.0 Å². The van der Waals surface area contributed by atoms with Gasteiger partial charge < -0.3 is 14.4 Å². The number of ether oxygens (including phenoxy) is 2. The highest BCUT2D eigenvalue weighted by Gasteiger charge is 2.32. The maximum atomic E-state index is 12.5. The third-order valence-electron chi connectivity index (χ3n) is 4.70. The quantitative estimate of drug-likeness (QED) is 0.843. The number of sulfonamides is 1. The van der Waals surface area contributed by atoms with Crippen LogP contribution in [-0.4, -0.2) is 58.2 Å². The lowest BCUT2D eigenvalue weighted by Crippen LogP contribution is -2.49. The van der Waals surface area contributed by atoms with Crippen molar-refractivity contribution in [1.29, 1.82) is 0 Å². The second-order valence-corrected chi connectivity index (χ2v) is 8.11. The lowest BCUT2D eigenvalue weighted by molar-refractivity contribution is -0.142. The molecule has 2 fully saturated rings. The Kier molecular flexibility index (Phi) is 5.61. The molecule has 0 saturated carbocycles. The van der Waals surface area contributed by atoms with Crippen molar-refractivity contribution in [3.63, 3.8) is 0 Å². The second kappa shape index (κ2) is 7.72. The molecule has 0 spiro atoms. The molecule has 0 aromatic heterocycles. The van der Waals surface area contributed by atoms with Gasteiger partial charge in [-0.15, -0.1) is 0 Å². The Morgan fingerprint density at radius 3 is 2.44 bits per heavy atom. The molecule has 8 heteroatoms. The fraction of sp³-hybridized carbons (Fsp3) is 0.588. The van der Waals surface area contributed by atoms with Crippen LogP contribution in [0.25, 0.3) is 0 Å². The number of nitrogens with zero attached hydrogens (tertiary/aromatic N) is 1. The fourth-order valence-electron chi connectivity index (χ4n) is 3.24. The number of likely N-dealkylation sites (tertiary alicyclic amines) is 1. The molecule has 7 nitrogen and oxygen atoms in total. The Bertz CT molecular complexity index is 690. The van der Waals surface area contributed by atoms with Crippen LogP contribution in [0.3, 0.4) is 0 Å². The van der Waals surface area contributed by atoms with Gasteiger partial charge in [0.25, 0.3) is 5.91 Å². The van der Waals surface area contributed by atoms with Crippen LogP contribution in [0.1, 0.15) is 25.7 Å². The number of hydrogen-bond donors (Lipinski definition) is 1. The molecule has 3 rings (SSSR count). The van der Waals surface area contributed by atoms with Crippen LogP contribution < -0.4 is 9.46 Å². The van der Waals surface area contributed by atoms with Crippen molar-refractivity contribution in [2.24, 2.45) is 0 Å². The summed E-state index contributed by atoms with van der Waals surface area (Å²) in [5, 5.41) is 0. The first kappa shape index (κ1) is 18.2. The topological polar surface area (TPSA) is 84.9 Å². The van der Waals surface area contributed by atoms with Crippen molar-refractivity contribution >= 4 is 15.9 Å². The van der Waals surface area contributed by atoms with Crippen molar-refractivity contribution in [1.82, 2.24) is 9.62 Å². The third kappa shape index (κ3) is 4.31. The number of carbonyl (C=O) groups excluding carboxylic acids is 1. The van der Waals surface area contributed by atoms with Crippen molar-refractivity contribution in [2.45, 2.75) is 42.7 Å². The van der Waals surface area contributed by atoms with E-state index in [-0.39, 0.29) is 22.9 Å². The minimum Gasteiger partial charge on any atom is -0.497 e. The van der Waals surface area contributed by atoms with Gasteiger partial charge in [-0.1, -0.05) is 0 Å². The number of nitrogens with one attached hydrogen (secondary N) is 1. The Morgan fingerprint density at radius 2 is 1.88 bits per heavy atom. The molecule has 138 valence electrons. The summed E-state index contributed by atoms with van der Waals surface area (Å²) in [5.74, 6) is 0.647. The molecule has 1 N–H and O–H groups in total. The zero-order valence-corrected chi connectivity index (χ0v) is 15.1. The second-order valence-electron chi connectivity index (χ2n) is 6.40. The van der Waals surface area contributed by atoms with E-state index in [1.807, 2.05) is 0 Å². The van der Waals surface area contributed by atoms with E-state index in [1.54, 1.807) is 17.0 Å². The molecule has 0 bridgehead atoms. The zero-order valence-electron chi connectivity index (χ0n) is 14.3. The molecule has 0 radical (unpaired) electrons. The van der Waals surface area contributed by atoms with Crippen molar-refractivity contribution in [2.75, 3.05) is 26.8 Å². The van der Waals surface area contributed by atoms with Crippen LogP contribution >= 0.6 is 0 Å². The number of hydrogen-bond acceptors (Lipinski definition) is 5. The molecule has 2 heterocycles. The van der Waals surface area contributed by atoms with Crippen LogP contribution in [-0.2, 0) is 19.6 Å². The summed E-state index contributed by atoms with van der Waals surface area (Å²) >= 11 is 0. The van der Waals surface area contributed by atoms with E-state index in [0.717, 1.165) is 12.8 Å². The minimum atomic E-state index is -3.57. The summed E-state index contributed by atoms with van der Waals surface area (Å²) in [7, 11) is -2.04. The highest BCUT2D eigenvalue weighted by molar-refractivity contribution is 7.89. The SMILES string of the molecule is COc1ccc(S(=O)(=O)NC2CCN(C(=O)C3CCCO3)CC2)cc1. The first-order valence-electron chi connectivity index (χ1n) is 8.56. The van der Waals surface area contributed by atoms with Gasteiger partial charge in [0.2, 0.25) is 10.0 Å². The number of piperidine rings is 1. The summed E-state index contributed by atoms with van der Waals surface area (Å²) in [6, 6.07) is 6.13. The molecule has 1 unspecified atom stereocenters. The summed E-state index contributed by atoms with van der Waals surface area (Å²) in [5.41, 5.74) is 0. The van der Waals surface area contributed by atoms with E-state index in [2.05, 4.69) is 4.72 Å². The largest absolute Gasteiger partial charge is 0.497 e. The highest BCUT2D eigenvalue weighted by atomic mass is 32.2. The maximum absolute atomic E-state index is 12.5. The number of amides is 1. The van der Waals surface area contributed by atoms with Gasteiger partial charge in [-0.25, -0.2) is 13.1 Å². The van der Waals surface area contributed by atoms with Crippen molar-refractivity contribution in [3.8, 4) is 5.75 Å². The molecule has 1 aromatic rings. The lowest BCUT2D eigenvalue weighted by Gasteiger charge is -2.33. The fourth-order valence-corrected chi connectivity index (χ4v) is 4.54. The standard InChI is InChI=1S/C17H24N2O5S/c1-23-14-4-6-15(7-5-14)25(21,22)18-13-8-10-19(11-9-13)17(20)16-3-2-12-24-16/h4-7,13,16,18H,2-3,8-12H2,1H3. The Labute approximate surface area is 148 Å². The summed E-state index contributed by atoms with van der Waals surface area (Å²) in [4.78, 5) is 14.3. The molecule has 0 aliphatic carbocycles. The van der Waals surface area contributed by atoms with Crippen LogP contribution in [0, 0.1) is 0 Å². The predicted molar refractivity (Wildman–Crippen MR) is 91.9 cm³/mol. The van der Waals surface area contributed by atoms with Gasteiger partial charge in [0.15, 0.2) is 0 Å². The normalized spacial score (nSPS) is 22.1. The molecular weight excluding hydrogens is 344 g/mol. The van der Waals surface area contributed by atoms with Gasteiger partial charge in [0.05, 0.1) is 12.0 Å². The Balaban J connectivity index is 1.54. The summed E-state index contributed by atoms with van der Waals surface area (Å²) in [6.07, 6.45) is 2.60. The van der Waals surface area contributed by atoms with Crippen LogP contribution in [0.4, 0.5) is 0 Å². The molecule has 1 amide bonds. The number of methoxy groups -OCH3 is 1. The predicted octanol–water partition coefficient (Wildman–Crippen LogP) is 1.14. The molecular formula is C17H24N2O5S. The average molecular weight is 368 g/mol. The van der Waals surface area contributed by atoms with E-state index in [1.165, 1.54) is 19.2 Å². The molecule has 2 saturated heterocycles. The smallest absolute Gasteiger partial charge is 0.251 e. The first-order valence-corrected chi connectivity index (χ1v) is 10.0. The van der Waals surface area contributed by atoms with Gasteiger partial charge in [-0.3, -0.25) is 4.79 Å². The average Bonchev–Trinajstić information content (AvgIpc) is 3.16. The van der Waals surface area contributed by atoms with E-state index in [0.29, 0.717) is 38.3 Å². The van der Waals surface area contributed by atoms with Crippen molar-refractivity contribution in [3.05, 3.63) is 24.3 Å². The first-order chi connectivity index (χ1) is 12.0. The van der Waals surface area contributed by atoms with Gasteiger partial charge in [0.1, 0.15) is 11.9 Å². The molecule has 2 aliphatic heterocycles. The molecule has 1 atom stereocenters. The monoisotopic (exact) mass is 368 g/mol. The zero-order chi connectivity index (χ0) is 17.9. The Hall–Kier alpha value is -1.64. The summed E-state index contributed by atoms with van der Waals surface area (Å²) in [6.45, 7) is 1.75. The van der Waals surface area contributed by atoms with Crippen LogP contribution in [0.15, 0.2) is 29.2 Å². The summed E-state index contributed by atoms with van der Waals surface area (Å²) < 4.78 is 38.2. The van der Waals surface area contributed by atoms with E-state index in [9.17, 15) is 13.2 Å². The molecule has 25 heavy (non-hydrogen) atoms. The number of carbonyl (C=O) groups is 1. The Morgan fingerprint density at radius 1 is 1.20 bits per heavy atom. The molecule has 1 aromatic carbocycles. The minimum absolute atomic E-state index is 0.0361.